The van der Waals surface area contributed by atoms with Gasteiger partial charge in [0.1, 0.15) is 11.9 Å². The van der Waals surface area contributed by atoms with Crippen molar-refractivity contribution in [1.29, 1.82) is 0 Å². The number of aromatic nitrogens is 3. The van der Waals surface area contributed by atoms with Gasteiger partial charge in [0.15, 0.2) is 0 Å². The zero-order chi connectivity index (χ0) is 15.4. The Labute approximate surface area is 119 Å². The largest absolute Gasteiger partial charge is 0.481 e. The Morgan fingerprint density at radius 2 is 2.05 bits per heavy atom. The second-order valence-corrected chi connectivity index (χ2v) is 4.41. The summed E-state index contributed by atoms with van der Waals surface area (Å²) in [5, 5.41) is 18.7. The maximum Gasteiger partial charge on any atom is 0.309 e. The minimum atomic E-state index is -1.04. The number of carboxylic acid groups (broad SMARTS) is 1. The molecule has 0 aliphatic carbocycles. The molecule has 0 aliphatic heterocycles. The standard InChI is InChI=1S/C13H13FN4O3/c1-8(18-11(6-12(19)20)7-15-17-18)13(21)16-10-4-2-9(14)3-5-10/h2-5,7-8H,6H2,1H3,(H,16,21)(H,19,20). The van der Waals surface area contributed by atoms with Crippen LogP contribution >= 0.6 is 0 Å². The van der Waals surface area contributed by atoms with Crippen LogP contribution in [-0.2, 0) is 16.0 Å². The summed E-state index contributed by atoms with van der Waals surface area (Å²) in [4.78, 5) is 22.8. The number of halogens is 1. The Bertz CT molecular complexity index is 654. The van der Waals surface area contributed by atoms with Gasteiger partial charge in [-0.15, -0.1) is 5.10 Å². The van der Waals surface area contributed by atoms with Gasteiger partial charge in [0, 0.05) is 5.69 Å². The normalized spacial score (nSPS) is 11.9. The summed E-state index contributed by atoms with van der Waals surface area (Å²) in [7, 11) is 0. The first-order chi connectivity index (χ1) is 9.97. The van der Waals surface area contributed by atoms with Crippen molar-refractivity contribution >= 4 is 17.6 Å². The molecule has 8 heteroatoms. The van der Waals surface area contributed by atoms with E-state index < -0.39 is 23.7 Å². The van der Waals surface area contributed by atoms with Gasteiger partial charge in [0.2, 0.25) is 5.91 Å². The number of hydrogen-bond acceptors (Lipinski definition) is 4. The lowest BCUT2D eigenvalue weighted by Gasteiger charge is -2.14. The van der Waals surface area contributed by atoms with E-state index in [1.165, 1.54) is 35.1 Å². The van der Waals surface area contributed by atoms with Crippen LogP contribution in [0.15, 0.2) is 30.5 Å². The molecule has 0 aliphatic rings. The van der Waals surface area contributed by atoms with Crippen LogP contribution in [0.5, 0.6) is 0 Å². The summed E-state index contributed by atoms with van der Waals surface area (Å²) in [6, 6.07) is 4.57. The number of carbonyl (C=O) groups is 2. The Balaban J connectivity index is 2.10. The van der Waals surface area contributed by atoms with Gasteiger partial charge >= 0.3 is 5.97 Å². The summed E-state index contributed by atoms with van der Waals surface area (Å²) in [5.74, 6) is -1.84. The van der Waals surface area contributed by atoms with Gasteiger partial charge in [-0.05, 0) is 31.2 Å². The van der Waals surface area contributed by atoms with Crippen molar-refractivity contribution in [2.45, 2.75) is 19.4 Å². The Morgan fingerprint density at radius 1 is 1.38 bits per heavy atom. The smallest absolute Gasteiger partial charge is 0.309 e. The molecule has 0 saturated carbocycles. The van der Waals surface area contributed by atoms with E-state index in [0.717, 1.165) is 0 Å². The van der Waals surface area contributed by atoms with Crippen LogP contribution < -0.4 is 5.32 Å². The number of anilines is 1. The highest BCUT2D eigenvalue weighted by atomic mass is 19.1. The number of aliphatic carboxylic acids is 1. The summed E-state index contributed by atoms with van der Waals surface area (Å²) < 4.78 is 14.0. The molecule has 7 nitrogen and oxygen atoms in total. The van der Waals surface area contributed by atoms with E-state index in [4.69, 9.17) is 5.11 Å². The second kappa shape index (κ2) is 6.12. The van der Waals surface area contributed by atoms with Crippen LogP contribution in [0, 0.1) is 5.82 Å². The molecule has 1 aromatic heterocycles. The van der Waals surface area contributed by atoms with E-state index in [9.17, 15) is 14.0 Å². The van der Waals surface area contributed by atoms with Gasteiger partial charge in [0.25, 0.3) is 0 Å². The molecule has 1 heterocycles. The molecule has 0 spiro atoms. The number of rotatable bonds is 5. The van der Waals surface area contributed by atoms with Crippen molar-refractivity contribution in [3.63, 3.8) is 0 Å². The minimum Gasteiger partial charge on any atom is -0.481 e. The van der Waals surface area contributed by atoms with Gasteiger partial charge in [-0.1, -0.05) is 5.21 Å². The fourth-order valence-electron chi connectivity index (χ4n) is 1.76. The third-order valence-electron chi connectivity index (χ3n) is 2.84. The molecule has 2 aromatic rings. The van der Waals surface area contributed by atoms with Crippen LogP contribution in [0.25, 0.3) is 0 Å². The average molecular weight is 292 g/mol. The fraction of sp³-hybridized carbons (Fsp3) is 0.231. The van der Waals surface area contributed by atoms with Crippen molar-refractivity contribution in [2.24, 2.45) is 0 Å². The van der Waals surface area contributed by atoms with E-state index >= 15 is 0 Å². The van der Waals surface area contributed by atoms with Crippen molar-refractivity contribution in [2.75, 3.05) is 5.32 Å². The maximum absolute atomic E-state index is 12.8. The molecule has 21 heavy (non-hydrogen) atoms. The topological polar surface area (TPSA) is 97.1 Å². The zero-order valence-corrected chi connectivity index (χ0v) is 11.2. The van der Waals surface area contributed by atoms with Gasteiger partial charge in [-0.2, -0.15) is 0 Å². The predicted molar refractivity (Wildman–Crippen MR) is 71.1 cm³/mol. The van der Waals surface area contributed by atoms with Crippen LogP contribution in [-0.4, -0.2) is 32.0 Å². The predicted octanol–water partition coefficient (Wildman–Crippen LogP) is 1.24. The van der Waals surface area contributed by atoms with E-state index in [1.807, 2.05) is 0 Å². The highest BCUT2D eigenvalue weighted by molar-refractivity contribution is 5.93. The molecule has 110 valence electrons. The van der Waals surface area contributed by atoms with E-state index in [-0.39, 0.29) is 6.42 Å². The van der Waals surface area contributed by atoms with E-state index in [1.54, 1.807) is 6.92 Å². The molecule has 1 atom stereocenters. The highest BCUT2D eigenvalue weighted by Gasteiger charge is 2.20. The van der Waals surface area contributed by atoms with Gasteiger partial charge in [-0.3, -0.25) is 9.59 Å². The molecule has 0 fully saturated rings. The van der Waals surface area contributed by atoms with Crippen molar-refractivity contribution in [3.8, 4) is 0 Å². The lowest BCUT2D eigenvalue weighted by Crippen LogP contribution is -2.26. The molecular weight excluding hydrogens is 279 g/mol. The molecule has 0 bridgehead atoms. The Hall–Kier alpha value is -2.77. The first-order valence-corrected chi connectivity index (χ1v) is 6.14. The summed E-state index contributed by atoms with van der Waals surface area (Å²) in [5.41, 5.74) is 0.761. The van der Waals surface area contributed by atoms with Crippen LogP contribution in [0.2, 0.25) is 0 Å². The summed E-state index contributed by atoms with van der Waals surface area (Å²) in [6.45, 7) is 1.57. The first kappa shape index (κ1) is 14.6. The molecule has 1 aromatic carbocycles. The third kappa shape index (κ3) is 3.62. The molecule has 0 radical (unpaired) electrons. The number of carboxylic acids is 1. The number of benzene rings is 1. The van der Waals surface area contributed by atoms with Gasteiger partial charge in [0.05, 0.1) is 18.3 Å². The van der Waals surface area contributed by atoms with Crippen molar-refractivity contribution in [3.05, 3.63) is 42.0 Å². The van der Waals surface area contributed by atoms with Crippen LogP contribution in [0.4, 0.5) is 10.1 Å². The number of carbonyl (C=O) groups excluding carboxylic acids is 1. The number of amides is 1. The first-order valence-electron chi connectivity index (χ1n) is 6.14. The Morgan fingerprint density at radius 3 is 2.67 bits per heavy atom. The minimum absolute atomic E-state index is 0.277. The third-order valence-corrected chi connectivity index (χ3v) is 2.84. The van der Waals surface area contributed by atoms with Crippen LogP contribution in [0.1, 0.15) is 18.7 Å². The van der Waals surface area contributed by atoms with Crippen LogP contribution in [0.3, 0.4) is 0 Å². The Kier molecular flexibility index (Phi) is 4.27. The average Bonchev–Trinajstić information content (AvgIpc) is 2.87. The quantitative estimate of drug-likeness (QED) is 0.864. The van der Waals surface area contributed by atoms with Crippen molar-refractivity contribution < 1.29 is 19.1 Å². The van der Waals surface area contributed by atoms with Gasteiger partial charge in [-0.25, -0.2) is 9.07 Å². The number of nitrogens with one attached hydrogen (secondary N) is 1. The van der Waals surface area contributed by atoms with E-state index in [0.29, 0.717) is 11.4 Å². The lowest BCUT2D eigenvalue weighted by molar-refractivity contribution is -0.136. The fourth-order valence-corrected chi connectivity index (χ4v) is 1.76. The zero-order valence-electron chi connectivity index (χ0n) is 11.2. The highest BCUT2D eigenvalue weighted by Crippen LogP contribution is 2.14. The SMILES string of the molecule is CC(C(=O)Nc1ccc(F)cc1)n1nncc1CC(=O)O. The molecule has 2 N–H and O–H groups in total. The molecule has 2 rings (SSSR count). The number of hydrogen-bond donors (Lipinski definition) is 2. The number of nitrogens with zero attached hydrogens (tertiary/aromatic N) is 3. The molecule has 0 saturated heterocycles. The maximum atomic E-state index is 12.8. The lowest BCUT2D eigenvalue weighted by atomic mass is 10.2. The second-order valence-electron chi connectivity index (χ2n) is 4.41. The summed E-state index contributed by atoms with van der Waals surface area (Å²) in [6.07, 6.45) is 1.02. The van der Waals surface area contributed by atoms with Gasteiger partial charge < -0.3 is 10.4 Å². The van der Waals surface area contributed by atoms with Crippen molar-refractivity contribution in [1.82, 2.24) is 15.0 Å². The van der Waals surface area contributed by atoms with E-state index in [2.05, 4.69) is 15.6 Å². The molecule has 1 amide bonds. The monoisotopic (exact) mass is 292 g/mol. The summed E-state index contributed by atoms with van der Waals surface area (Å²) >= 11 is 0. The molecular formula is C13H13FN4O3. The molecule has 1 unspecified atom stereocenters.